The van der Waals surface area contributed by atoms with Crippen LogP contribution >= 0.6 is 0 Å². The number of nitrogens with zero attached hydrogens (tertiary/aromatic N) is 2. The van der Waals surface area contributed by atoms with Crippen molar-refractivity contribution < 1.29 is 9.59 Å². The summed E-state index contributed by atoms with van der Waals surface area (Å²) >= 11 is 0. The van der Waals surface area contributed by atoms with Gasteiger partial charge in [-0.25, -0.2) is 0 Å². The minimum Gasteiger partial charge on any atom is -0.341 e. The summed E-state index contributed by atoms with van der Waals surface area (Å²) in [5.41, 5.74) is 2.08. The molecule has 2 saturated heterocycles. The highest BCUT2D eigenvalue weighted by atomic mass is 16.2. The summed E-state index contributed by atoms with van der Waals surface area (Å²) < 4.78 is 0. The monoisotopic (exact) mass is 338 g/mol. The molecule has 4 heteroatoms. The molecule has 1 spiro atoms. The van der Waals surface area contributed by atoms with Crippen LogP contribution in [0.15, 0.2) is 36.4 Å². The Balaban J connectivity index is 1.42. The smallest absolute Gasteiger partial charge is 0.231 e. The first-order chi connectivity index (χ1) is 12.1. The van der Waals surface area contributed by atoms with Crippen LogP contribution in [0.1, 0.15) is 36.8 Å². The number of hydrogen-bond donors (Lipinski definition) is 0. The molecule has 0 saturated carbocycles. The fraction of sp³-hybridized carbons (Fsp3) is 0.524. The van der Waals surface area contributed by atoms with Crippen LogP contribution in [0.2, 0.25) is 0 Å². The molecule has 3 aliphatic rings. The summed E-state index contributed by atoms with van der Waals surface area (Å²) in [6.07, 6.45) is 7.61. The second-order valence-electron chi connectivity index (χ2n) is 7.90. The van der Waals surface area contributed by atoms with Crippen LogP contribution in [0.3, 0.4) is 0 Å². The van der Waals surface area contributed by atoms with E-state index in [-0.39, 0.29) is 23.1 Å². The van der Waals surface area contributed by atoms with Gasteiger partial charge in [0.15, 0.2) is 0 Å². The number of amides is 2. The van der Waals surface area contributed by atoms with Gasteiger partial charge < -0.3 is 9.80 Å². The standard InChI is InChI=1S/C21H26N2O2/c1-16-5-4-6-17(13-16)14-22-11-9-21(20(22)25)10-12-23(15-21)19(24)18-7-2-3-8-18/h2-6,13,18H,7-12,14-15H2,1H3/t21-/m0/s1. The second-order valence-corrected chi connectivity index (χ2v) is 7.90. The van der Waals surface area contributed by atoms with E-state index in [1.54, 1.807) is 0 Å². The fourth-order valence-corrected chi connectivity index (χ4v) is 4.59. The third-order valence-electron chi connectivity index (χ3n) is 6.08. The van der Waals surface area contributed by atoms with Gasteiger partial charge in [0.05, 0.1) is 5.41 Å². The molecule has 1 aromatic rings. The summed E-state index contributed by atoms with van der Waals surface area (Å²) in [4.78, 5) is 29.7. The second kappa shape index (κ2) is 6.32. The number of allylic oxidation sites excluding steroid dienone is 2. The maximum Gasteiger partial charge on any atom is 0.231 e. The van der Waals surface area contributed by atoms with E-state index >= 15 is 0 Å². The molecule has 1 aliphatic carbocycles. The zero-order chi connectivity index (χ0) is 17.4. The molecule has 0 bridgehead atoms. The number of carbonyl (C=O) groups excluding carboxylic acids is 2. The van der Waals surface area contributed by atoms with Gasteiger partial charge in [0.2, 0.25) is 11.8 Å². The first kappa shape index (κ1) is 16.4. The molecule has 4 rings (SSSR count). The maximum atomic E-state index is 13.1. The lowest BCUT2D eigenvalue weighted by Gasteiger charge is -2.25. The zero-order valence-corrected chi connectivity index (χ0v) is 14.9. The molecule has 25 heavy (non-hydrogen) atoms. The number of aryl methyl sites for hydroxylation is 1. The van der Waals surface area contributed by atoms with Gasteiger partial charge in [-0.3, -0.25) is 9.59 Å². The summed E-state index contributed by atoms with van der Waals surface area (Å²) in [5, 5.41) is 0. The van der Waals surface area contributed by atoms with Gasteiger partial charge in [-0.15, -0.1) is 0 Å². The van der Waals surface area contributed by atoms with E-state index in [9.17, 15) is 9.59 Å². The van der Waals surface area contributed by atoms with Crippen molar-refractivity contribution in [3.8, 4) is 0 Å². The molecule has 0 unspecified atom stereocenters. The van der Waals surface area contributed by atoms with Gasteiger partial charge in [-0.1, -0.05) is 42.0 Å². The molecule has 4 nitrogen and oxygen atoms in total. The van der Waals surface area contributed by atoms with E-state index in [0.717, 1.165) is 38.8 Å². The van der Waals surface area contributed by atoms with Crippen molar-refractivity contribution in [3.05, 3.63) is 47.5 Å². The van der Waals surface area contributed by atoms with Crippen molar-refractivity contribution in [1.82, 2.24) is 9.80 Å². The van der Waals surface area contributed by atoms with E-state index in [0.29, 0.717) is 13.1 Å². The summed E-state index contributed by atoms with van der Waals surface area (Å²) in [5.74, 6) is 0.593. The van der Waals surface area contributed by atoms with Gasteiger partial charge >= 0.3 is 0 Å². The summed E-state index contributed by atoms with van der Waals surface area (Å²) in [6.45, 7) is 4.92. The van der Waals surface area contributed by atoms with E-state index in [4.69, 9.17) is 0 Å². The van der Waals surface area contributed by atoms with Gasteiger partial charge in [-0.2, -0.15) is 0 Å². The third-order valence-corrected chi connectivity index (χ3v) is 6.08. The Bertz CT molecular complexity index is 718. The lowest BCUT2D eigenvalue weighted by atomic mass is 9.85. The van der Waals surface area contributed by atoms with Crippen molar-refractivity contribution in [2.75, 3.05) is 19.6 Å². The van der Waals surface area contributed by atoms with Crippen LogP contribution in [0.25, 0.3) is 0 Å². The predicted molar refractivity (Wildman–Crippen MR) is 96.7 cm³/mol. The van der Waals surface area contributed by atoms with Crippen molar-refractivity contribution >= 4 is 11.8 Å². The summed E-state index contributed by atoms with van der Waals surface area (Å²) in [7, 11) is 0. The Morgan fingerprint density at radius 2 is 1.96 bits per heavy atom. The Morgan fingerprint density at radius 3 is 2.72 bits per heavy atom. The van der Waals surface area contributed by atoms with Crippen LogP contribution in [0.4, 0.5) is 0 Å². The highest BCUT2D eigenvalue weighted by molar-refractivity contribution is 5.87. The zero-order valence-electron chi connectivity index (χ0n) is 14.9. The molecule has 1 aromatic carbocycles. The van der Waals surface area contributed by atoms with Crippen LogP contribution in [0.5, 0.6) is 0 Å². The van der Waals surface area contributed by atoms with Gasteiger partial charge in [0.1, 0.15) is 0 Å². The van der Waals surface area contributed by atoms with Crippen molar-refractivity contribution in [2.45, 2.75) is 39.2 Å². The molecule has 2 fully saturated rings. The first-order valence-electron chi connectivity index (χ1n) is 9.36. The third kappa shape index (κ3) is 2.99. The van der Waals surface area contributed by atoms with Gasteiger partial charge in [-0.05, 0) is 38.2 Å². The Labute approximate surface area is 149 Å². The quantitative estimate of drug-likeness (QED) is 0.795. The number of benzene rings is 1. The molecule has 0 aromatic heterocycles. The molecular weight excluding hydrogens is 312 g/mol. The van der Waals surface area contributed by atoms with Crippen LogP contribution in [-0.4, -0.2) is 41.2 Å². The number of likely N-dealkylation sites (tertiary alicyclic amines) is 2. The van der Waals surface area contributed by atoms with Crippen LogP contribution in [-0.2, 0) is 16.1 Å². The first-order valence-corrected chi connectivity index (χ1v) is 9.36. The van der Waals surface area contributed by atoms with Crippen molar-refractivity contribution in [2.24, 2.45) is 11.3 Å². The van der Waals surface area contributed by atoms with Gasteiger partial charge in [0, 0.05) is 32.1 Å². The Kier molecular flexibility index (Phi) is 4.14. The lowest BCUT2D eigenvalue weighted by Crippen LogP contribution is -2.39. The normalized spacial score (nSPS) is 26.4. The fourth-order valence-electron chi connectivity index (χ4n) is 4.59. The van der Waals surface area contributed by atoms with Crippen LogP contribution in [0, 0.1) is 18.3 Å². The minimum atomic E-state index is -0.328. The topological polar surface area (TPSA) is 40.6 Å². The SMILES string of the molecule is Cc1cccc(CN2CC[C@@]3(CCN(C(=O)C4CC=CC4)C3)C2=O)c1. The molecule has 132 valence electrons. The minimum absolute atomic E-state index is 0.107. The molecule has 1 atom stereocenters. The number of rotatable bonds is 3. The van der Waals surface area contributed by atoms with E-state index in [2.05, 4.69) is 37.3 Å². The van der Waals surface area contributed by atoms with E-state index < -0.39 is 0 Å². The average molecular weight is 338 g/mol. The van der Waals surface area contributed by atoms with E-state index in [1.165, 1.54) is 11.1 Å². The van der Waals surface area contributed by atoms with Crippen molar-refractivity contribution in [1.29, 1.82) is 0 Å². The van der Waals surface area contributed by atoms with Crippen molar-refractivity contribution in [3.63, 3.8) is 0 Å². The van der Waals surface area contributed by atoms with E-state index in [1.807, 2.05) is 15.9 Å². The molecule has 0 N–H and O–H groups in total. The summed E-state index contributed by atoms with van der Waals surface area (Å²) in [6, 6.07) is 8.36. The molecule has 2 aliphatic heterocycles. The number of carbonyl (C=O) groups is 2. The Hall–Kier alpha value is -2.10. The molecule has 2 amide bonds. The highest BCUT2D eigenvalue weighted by Gasteiger charge is 2.51. The largest absolute Gasteiger partial charge is 0.341 e. The molecular formula is C21H26N2O2. The lowest BCUT2D eigenvalue weighted by molar-refractivity contribution is -0.138. The average Bonchev–Trinajstić information content (AvgIpc) is 3.33. The Morgan fingerprint density at radius 1 is 1.20 bits per heavy atom. The number of hydrogen-bond acceptors (Lipinski definition) is 2. The van der Waals surface area contributed by atoms with Gasteiger partial charge in [0.25, 0.3) is 0 Å². The molecule has 0 radical (unpaired) electrons. The maximum absolute atomic E-state index is 13.1. The van der Waals surface area contributed by atoms with Crippen LogP contribution < -0.4 is 0 Å². The highest BCUT2D eigenvalue weighted by Crippen LogP contribution is 2.42. The predicted octanol–water partition coefficient (Wildman–Crippen LogP) is 2.91. The molecule has 2 heterocycles.